The van der Waals surface area contributed by atoms with Crippen LogP contribution in [0.15, 0.2) is 30.3 Å². The molecule has 2 rings (SSSR count). The molecule has 0 aliphatic carbocycles. The van der Waals surface area contributed by atoms with E-state index in [1.54, 1.807) is 0 Å². The number of urea groups is 1. The normalized spacial score (nSPS) is 17.1. The maximum atomic E-state index is 12.1. The first-order chi connectivity index (χ1) is 11.6. The number of hydrogen-bond acceptors (Lipinski definition) is 3. The highest BCUT2D eigenvalue weighted by Crippen LogP contribution is 2.20. The lowest BCUT2D eigenvalue weighted by Crippen LogP contribution is -2.46. The summed E-state index contributed by atoms with van der Waals surface area (Å²) in [4.78, 5) is 16.3. The fraction of sp³-hybridized carbons (Fsp3) is 0.632. The van der Waals surface area contributed by atoms with Crippen LogP contribution in [0, 0.1) is 5.92 Å². The van der Waals surface area contributed by atoms with Gasteiger partial charge in [0.15, 0.2) is 0 Å². The van der Waals surface area contributed by atoms with Crippen molar-refractivity contribution in [2.45, 2.75) is 38.8 Å². The van der Waals surface area contributed by atoms with E-state index in [-0.39, 0.29) is 12.1 Å². The molecular weight excluding hydrogens is 302 g/mol. The van der Waals surface area contributed by atoms with Gasteiger partial charge in [0, 0.05) is 26.2 Å². The molecule has 134 valence electrons. The van der Waals surface area contributed by atoms with E-state index >= 15 is 0 Å². The summed E-state index contributed by atoms with van der Waals surface area (Å²) in [5, 5.41) is 12.6. The predicted octanol–water partition coefficient (Wildman–Crippen LogP) is 2.31. The van der Waals surface area contributed by atoms with Crippen LogP contribution in [0.5, 0.6) is 0 Å². The average molecular weight is 333 g/mol. The Kier molecular flexibility index (Phi) is 7.53. The number of likely N-dealkylation sites (tertiary alicyclic amines) is 1. The van der Waals surface area contributed by atoms with E-state index in [0.29, 0.717) is 12.5 Å². The molecule has 1 aromatic carbocycles. The van der Waals surface area contributed by atoms with Crippen LogP contribution in [0.3, 0.4) is 0 Å². The highest BCUT2D eigenvalue weighted by Gasteiger charge is 2.25. The number of aliphatic hydroxyl groups excluding tert-OH is 1. The number of aliphatic hydroxyl groups is 1. The lowest BCUT2D eigenvalue weighted by molar-refractivity contribution is 0.0798. The molecule has 0 bridgehead atoms. The minimum Gasteiger partial charge on any atom is -0.393 e. The number of carbonyl (C=O) groups is 1. The average Bonchev–Trinajstić information content (AvgIpc) is 2.59. The third-order valence-corrected chi connectivity index (χ3v) is 4.80. The van der Waals surface area contributed by atoms with Gasteiger partial charge in [0.1, 0.15) is 0 Å². The van der Waals surface area contributed by atoms with Gasteiger partial charge in [-0.2, -0.15) is 0 Å². The van der Waals surface area contributed by atoms with Crippen LogP contribution in [0.25, 0.3) is 0 Å². The van der Waals surface area contributed by atoms with E-state index in [9.17, 15) is 9.90 Å². The second-order valence-corrected chi connectivity index (χ2v) is 6.87. The summed E-state index contributed by atoms with van der Waals surface area (Å²) in [5.41, 5.74) is 1.31. The number of benzene rings is 1. The van der Waals surface area contributed by atoms with Crippen LogP contribution in [-0.2, 0) is 6.54 Å². The minimum atomic E-state index is -0.268. The number of carbonyl (C=O) groups excluding carboxylic acids is 1. The van der Waals surface area contributed by atoms with Gasteiger partial charge in [0.2, 0.25) is 0 Å². The van der Waals surface area contributed by atoms with E-state index in [1.165, 1.54) is 5.56 Å². The van der Waals surface area contributed by atoms with Gasteiger partial charge in [-0.05, 0) is 51.3 Å². The minimum absolute atomic E-state index is 0.0322. The fourth-order valence-corrected chi connectivity index (χ4v) is 3.22. The van der Waals surface area contributed by atoms with Gasteiger partial charge in [-0.1, -0.05) is 30.3 Å². The molecule has 5 nitrogen and oxygen atoms in total. The van der Waals surface area contributed by atoms with Crippen molar-refractivity contribution in [2.75, 3.05) is 33.2 Å². The van der Waals surface area contributed by atoms with Crippen molar-refractivity contribution in [1.29, 1.82) is 0 Å². The first kappa shape index (κ1) is 18.7. The van der Waals surface area contributed by atoms with Gasteiger partial charge in [-0.25, -0.2) is 4.79 Å². The number of piperidine rings is 1. The van der Waals surface area contributed by atoms with Crippen LogP contribution in [-0.4, -0.2) is 60.3 Å². The Bertz CT molecular complexity index is 485. The zero-order valence-electron chi connectivity index (χ0n) is 14.9. The van der Waals surface area contributed by atoms with Crippen LogP contribution in [0.2, 0.25) is 0 Å². The lowest BCUT2D eigenvalue weighted by Gasteiger charge is -2.33. The Morgan fingerprint density at radius 3 is 2.62 bits per heavy atom. The SMILES string of the molecule is CC(O)C1CCN(C(=O)NCCCN(C)Cc2ccccc2)CC1. The molecule has 24 heavy (non-hydrogen) atoms. The van der Waals surface area contributed by atoms with Gasteiger partial charge in [0.05, 0.1) is 6.10 Å². The lowest BCUT2D eigenvalue weighted by atomic mass is 9.92. The second-order valence-electron chi connectivity index (χ2n) is 6.87. The van der Waals surface area contributed by atoms with E-state index in [4.69, 9.17) is 0 Å². The molecule has 1 atom stereocenters. The monoisotopic (exact) mass is 333 g/mol. The molecule has 1 heterocycles. The standard InChI is InChI=1S/C19H31N3O2/c1-16(23)18-9-13-22(14-10-18)19(24)20-11-6-12-21(2)15-17-7-4-3-5-8-17/h3-5,7-8,16,18,23H,6,9-15H2,1-2H3,(H,20,24). The van der Waals surface area contributed by atoms with Crippen molar-refractivity contribution in [3.8, 4) is 0 Å². The highest BCUT2D eigenvalue weighted by molar-refractivity contribution is 5.74. The van der Waals surface area contributed by atoms with Crippen molar-refractivity contribution in [2.24, 2.45) is 5.92 Å². The van der Waals surface area contributed by atoms with E-state index in [0.717, 1.165) is 45.4 Å². The predicted molar refractivity (Wildman–Crippen MR) is 96.8 cm³/mol. The number of amides is 2. The molecule has 0 aromatic heterocycles. The van der Waals surface area contributed by atoms with Gasteiger partial charge < -0.3 is 20.2 Å². The summed E-state index contributed by atoms with van der Waals surface area (Å²) >= 11 is 0. The summed E-state index contributed by atoms with van der Waals surface area (Å²) in [7, 11) is 2.11. The molecule has 1 aliphatic rings. The van der Waals surface area contributed by atoms with Crippen molar-refractivity contribution >= 4 is 6.03 Å². The molecule has 1 aromatic rings. The number of nitrogens with one attached hydrogen (secondary N) is 1. The summed E-state index contributed by atoms with van der Waals surface area (Å²) in [6, 6.07) is 10.5. The van der Waals surface area contributed by atoms with Crippen molar-refractivity contribution in [3.63, 3.8) is 0 Å². The summed E-state index contributed by atoms with van der Waals surface area (Å²) in [6.07, 6.45) is 2.46. The van der Waals surface area contributed by atoms with Crippen LogP contribution >= 0.6 is 0 Å². The topological polar surface area (TPSA) is 55.8 Å². The third-order valence-electron chi connectivity index (χ3n) is 4.80. The fourth-order valence-electron chi connectivity index (χ4n) is 3.22. The van der Waals surface area contributed by atoms with Gasteiger partial charge in [-0.3, -0.25) is 0 Å². The summed E-state index contributed by atoms with van der Waals surface area (Å²) < 4.78 is 0. The third kappa shape index (κ3) is 6.13. The van der Waals surface area contributed by atoms with Crippen molar-refractivity contribution in [1.82, 2.24) is 15.1 Å². The number of hydrogen-bond donors (Lipinski definition) is 2. The van der Waals surface area contributed by atoms with Gasteiger partial charge >= 0.3 is 6.03 Å². The van der Waals surface area contributed by atoms with Crippen LogP contribution < -0.4 is 5.32 Å². The zero-order chi connectivity index (χ0) is 17.4. The molecule has 5 heteroatoms. The summed E-state index contributed by atoms with van der Waals surface area (Å²) in [6.45, 7) is 5.92. The van der Waals surface area contributed by atoms with E-state index in [1.807, 2.05) is 17.9 Å². The molecular formula is C19H31N3O2. The first-order valence-electron chi connectivity index (χ1n) is 8.99. The highest BCUT2D eigenvalue weighted by atomic mass is 16.3. The zero-order valence-corrected chi connectivity index (χ0v) is 14.9. The van der Waals surface area contributed by atoms with Crippen LogP contribution in [0.4, 0.5) is 4.79 Å². The quantitative estimate of drug-likeness (QED) is 0.753. The molecule has 0 radical (unpaired) electrons. The number of rotatable bonds is 7. The molecule has 1 fully saturated rings. The Hall–Kier alpha value is -1.59. The first-order valence-corrected chi connectivity index (χ1v) is 8.99. The van der Waals surface area contributed by atoms with Gasteiger partial charge in [0.25, 0.3) is 0 Å². The Balaban J connectivity index is 1.58. The smallest absolute Gasteiger partial charge is 0.317 e. The maximum absolute atomic E-state index is 12.1. The Labute approximate surface area is 145 Å². The Morgan fingerprint density at radius 1 is 1.33 bits per heavy atom. The molecule has 0 saturated carbocycles. The molecule has 1 saturated heterocycles. The van der Waals surface area contributed by atoms with Gasteiger partial charge in [-0.15, -0.1) is 0 Å². The van der Waals surface area contributed by atoms with Crippen LogP contribution in [0.1, 0.15) is 31.7 Å². The molecule has 1 unspecified atom stereocenters. The second kappa shape index (κ2) is 9.64. The van der Waals surface area contributed by atoms with Crippen molar-refractivity contribution in [3.05, 3.63) is 35.9 Å². The molecule has 2 amide bonds. The number of nitrogens with zero attached hydrogens (tertiary/aromatic N) is 2. The maximum Gasteiger partial charge on any atom is 0.317 e. The van der Waals surface area contributed by atoms with E-state index < -0.39 is 0 Å². The Morgan fingerprint density at radius 2 is 2.00 bits per heavy atom. The summed E-state index contributed by atoms with van der Waals surface area (Å²) in [5.74, 6) is 0.334. The largest absolute Gasteiger partial charge is 0.393 e. The molecule has 0 spiro atoms. The van der Waals surface area contributed by atoms with Crippen molar-refractivity contribution < 1.29 is 9.90 Å². The molecule has 1 aliphatic heterocycles. The molecule has 2 N–H and O–H groups in total. The van der Waals surface area contributed by atoms with E-state index in [2.05, 4.69) is 41.5 Å².